The Hall–Kier alpha value is -3.33. The van der Waals surface area contributed by atoms with Gasteiger partial charge in [-0.15, -0.1) is 0 Å². The summed E-state index contributed by atoms with van der Waals surface area (Å²) < 4.78 is 6.74. The first-order valence-corrected chi connectivity index (χ1v) is 8.14. The molecule has 0 aliphatic heterocycles. The molecule has 1 aromatic heterocycles. The molecule has 25 heavy (non-hydrogen) atoms. The van der Waals surface area contributed by atoms with Gasteiger partial charge in [-0.2, -0.15) is 0 Å². The van der Waals surface area contributed by atoms with Crippen LogP contribution in [0.1, 0.15) is 0 Å². The number of carbonyl (C=O) groups is 1. The van der Waals surface area contributed by atoms with Gasteiger partial charge in [0.25, 0.3) is 0 Å². The van der Waals surface area contributed by atoms with Crippen LogP contribution in [0.2, 0.25) is 0 Å². The molecule has 0 aliphatic rings. The van der Waals surface area contributed by atoms with E-state index in [9.17, 15) is 4.79 Å². The van der Waals surface area contributed by atoms with E-state index >= 15 is 0 Å². The van der Waals surface area contributed by atoms with Crippen LogP contribution in [-0.4, -0.2) is 17.8 Å². The van der Waals surface area contributed by atoms with Crippen LogP contribution >= 0.6 is 0 Å². The van der Waals surface area contributed by atoms with Crippen molar-refractivity contribution in [2.45, 2.75) is 0 Å². The molecule has 0 radical (unpaired) electrons. The fraction of sp³-hybridized carbons (Fsp3) is 0.0455. The lowest BCUT2D eigenvalue weighted by Gasteiger charge is -2.10. The van der Waals surface area contributed by atoms with Gasteiger partial charge in [-0.25, -0.2) is 9.36 Å². The van der Waals surface area contributed by atoms with E-state index < -0.39 is 6.09 Å². The zero-order valence-corrected chi connectivity index (χ0v) is 13.8. The number of hydrogen-bond donors (Lipinski definition) is 0. The number of benzene rings is 3. The smallest absolute Gasteiger partial charge is 0.418 e. The molecule has 122 valence electrons. The molecule has 0 spiro atoms. The van der Waals surface area contributed by atoms with Gasteiger partial charge in [0.1, 0.15) is 0 Å². The quantitative estimate of drug-likeness (QED) is 0.480. The summed E-state index contributed by atoms with van der Waals surface area (Å²) in [6.07, 6.45) is -0.391. The van der Waals surface area contributed by atoms with Crippen molar-refractivity contribution in [3.8, 4) is 22.4 Å². The van der Waals surface area contributed by atoms with Gasteiger partial charge >= 0.3 is 6.09 Å². The van der Waals surface area contributed by atoms with Gasteiger partial charge in [-0.05, 0) is 17.2 Å². The average Bonchev–Trinajstić information content (AvgIpc) is 3.04. The Morgan fingerprint density at radius 2 is 1.32 bits per heavy atom. The molecule has 0 saturated heterocycles. The molecule has 0 saturated carbocycles. The van der Waals surface area contributed by atoms with Crippen molar-refractivity contribution in [2.24, 2.45) is 0 Å². The summed E-state index contributed by atoms with van der Waals surface area (Å²) in [6.45, 7) is 0. The zero-order chi connectivity index (χ0) is 17.2. The van der Waals surface area contributed by atoms with Crippen molar-refractivity contribution in [2.75, 3.05) is 7.11 Å². The standard InChI is InChI=1S/C22H17NO2/c1-25-22(24)23-19-15-9-8-14-18(19)20(16-10-4-2-5-11-16)21(23)17-12-6-3-7-13-17/h2-15H,1H3. The van der Waals surface area contributed by atoms with E-state index in [1.54, 1.807) is 4.57 Å². The van der Waals surface area contributed by atoms with Gasteiger partial charge in [-0.1, -0.05) is 78.9 Å². The van der Waals surface area contributed by atoms with Crippen LogP contribution in [0, 0.1) is 0 Å². The van der Waals surface area contributed by atoms with Crippen molar-refractivity contribution in [3.63, 3.8) is 0 Å². The Kier molecular flexibility index (Phi) is 3.82. The van der Waals surface area contributed by atoms with Crippen LogP contribution < -0.4 is 0 Å². The van der Waals surface area contributed by atoms with Crippen molar-refractivity contribution >= 4 is 17.0 Å². The van der Waals surface area contributed by atoms with E-state index in [0.29, 0.717) is 0 Å². The predicted octanol–water partition coefficient (Wildman–Crippen LogP) is 5.59. The summed E-state index contributed by atoms with van der Waals surface area (Å²) in [5, 5.41) is 1.03. The Balaban J connectivity index is 2.18. The number of hydrogen-bond acceptors (Lipinski definition) is 2. The minimum Gasteiger partial charge on any atom is -0.452 e. The van der Waals surface area contributed by atoms with Crippen molar-refractivity contribution in [1.82, 2.24) is 4.57 Å². The van der Waals surface area contributed by atoms with Crippen LogP contribution in [-0.2, 0) is 4.74 Å². The summed E-state index contributed by atoms with van der Waals surface area (Å²) >= 11 is 0. The van der Waals surface area contributed by atoms with Crippen LogP contribution in [0.4, 0.5) is 4.79 Å². The first-order valence-electron chi connectivity index (χ1n) is 8.14. The second-order valence-electron chi connectivity index (χ2n) is 5.78. The Labute approximate surface area is 146 Å². The summed E-state index contributed by atoms with van der Waals surface area (Å²) in [4.78, 5) is 12.6. The highest BCUT2D eigenvalue weighted by Gasteiger charge is 2.23. The highest BCUT2D eigenvalue weighted by Crippen LogP contribution is 2.40. The normalized spacial score (nSPS) is 10.8. The molecule has 3 nitrogen and oxygen atoms in total. The number of carbonyl (C=O) groups excluding carboxylic acids is 1. The summed E-state index contributed by atoms with van der Waals surface area (Å²) in [6, 6.07) is 28.0. The minimum atomic E-state index is -0.391. The molecule has 0 aliphatic carbocycles. The van der Waals surface area contributed by atoms with E-state index in [1.165, 1.54) is 7.11 Å². The van der Waals surface area contributed by atoms with Crippen LogP contribution in [0.3, 0.4) is 0 Å². The lowest BCUT2D eigenvalue weighted by Crippen LogP contribution is -2.12. The first-order chi connectivity index (χ1) is 12.3. The van der Waals surface area contributed by atoms with E-state index in [2.05, 4.69) is 12.1 Å². The monoisotopic (exact) mass is 327 g/mol. The Morgan fingerprint density at radius 1 is 0.760 bits per heavy atom. The largest absolute Gasteiger partial charge is 0.452 e. The Morgan fingerprint density at radius 3 is 1.96 bits per heavy atom. The lowest BCUT2D eigenvalue weighted by molar-refractivity contribution is 0.174. The molecular formula is C22H17NO2. The first kappa shape index (κ1) is 15.2. The van der Waals surface area contributed by atoms with E-state index in [4.69, 9.17) is 4.74 Å². The highest BCUT2D eigenvalue weighted by atomic mass is 16.5. The SMILES string of the molecule is COC(=O)n1c(-c2ccccc2)c(-c2ccccc2)c2ccccc21. The number of methoxy groups -OCH3 is 1. The molecule has 0 bridgehead atoms. The third-order valence-corrected chi connectivity index (χ3v) is 4.34. The van der Waals surface area contributed by atoms with E-state index in [-0.39, 0.29) is 0 Å². The van der Waals surface area contributed by atoms with Gasteiger partial charge in [0, 0.05) is 10.9 Å². The fourth-order valence-electron chi connectivity index (χ4n) is 3.29. The number of fused-ring (bicyclic) bond motifs is 1. The topological polar surface area (TPSA) is 31.2 Å². The molecule has 4 aromatic rings. The lowest BCUT2D eigenvalue weighted by atomic mass is 9.98. The second-order valence-corrected chi connectivity index (χ2v) is 5.78. The summed E-state index contributed by atoms with van der Waals surface area (Å²) in [7, 11) is 1.41. The fourth-order valence-corrected chi connectivity index (χ4v) is 3.29. The van der Waals surface area contributed by atoms with Crippen molar-refractivity contribution < 1.29 is 9.53 Å². The molecule has 0 fully saturated rings. The van der Waals surface area contributed by atoms with Crippen LogP contribution in [0.15, 0.2) is 84.9 Å². The maximum Gasteiger partial charge on any atom is 0.418 e. The molecule has 3 heteroatoms. The molecule has 0 amide bonds. The molecule has 3 aromatic carbocycles. The number of ether oxygens (including phenoxy) is 1. The highest BCUT2D eigenvalue weighted by molar-refractivity contribution is 6.08. The second kappa shape index (κ2) is 6.29. The summed E-state index contributed by atoms with van der Waals surface area (Å²) in [5.74, 6) is 0. The van der Waals surface area contributed by atoms with E-state index in [0.717, 1.165) is 33.3 Å². The molecule has 0 unspecified atom stereocenters. The van der Waals surface area contributed by atoms with Crippen LogP contribution in [0.5, 0.6) is 0 Å². The Bertz CT molecular complexity index is 1030. The molecule has 0 N–H and O–H groups in total. The maximum atomic E-state index is 12.6. The number of nitrogens with zero attached hydrogens (tertiary/aromatic N) is 1. The van der Waals surface area contributed by atoms with Crippen molar-refractivity contribution in [1.29, 1.82) is 0 Å². The van der Waals surface area contributed by atoms with Crippen molar-refractivity contribution in [3.05, 3.63) is 84.9 Å². The van der Waals surface area contributed by atoms with Gasteiger partial charge in [-0.3, -0.25) is 0 Å². The summed E-state index contributed by atoms with van der Waals surface area (Å²) in [5.41, 5.74) is 4.77. The maximum absolute atomic E-state index is 12.6. The van der Waals surface area contributed by atoms with Gasteiger partial charge < -0.3 is 4.74 Å². The van der Waals surface area contributed by atoms with Crippen LogP contribution in [0.25, 0.3) is 33.3 Å². The molecular weight excluding hydrogens is 310 g/mol. The predicted molar refractivity (Wildman–Crippen MR) is 101 cm³/mol. The minimum absolute atomic E-state index is 0.391. The molecule has 1 heterocycles. The van der Waals surface area contributed by atoms with Gasteiger partial charge in [0.2, 0.25) is 0 Å². The van der Waals surface area contributed by atoms with Gasteiger partial charge in [0.05, 0.1) is 18.3 Å². The number of rotatable bonds is 2. The third kappa shape index (κ3) is 2.50. The van der Waals surface area contributed by atoms with Gasteiger partial charge in [0.15, 0.2) is 0 Å². The third-order valence-electron chi connectivity index (χ3n) is 4.34. The zero-order valence-electron chi connectivity index (χ0n) is 13.8. The molecule has 4 rings (SSSR count). The van der Waals surface area contributed by atoms with E-state index in [1.807, 2.05) is 72.8 Å². The molecule has 0 atom stereocenters. The number of para-hydroxylation sites is 1. The number of aromatic nitrogens is 1. The average molecular weight is 327 g/mol.